The largest absolute Gasteiger partial charge is 0.399 e. The van der Waals surface area contributed by atoms with Crippen molar-refractivity contribution in [3.63, 3.8) is 0 Å². The maximum absolute atomic E-state index is 12.7. The number of nitriles is 1. The van der Waals surface area contributed by atoms with E-state index in [1.165, 1.54) is 6.07 Å². The highest BCUT2D eigenvalue weighted by molar-refractivity contribution is 5.97. The molecule has 96 valence electrons. The smallest absolute Gasteiger partial charge is 0.383 e. The number of alkyl halides is 4. The molecule has 0 radical (unpaired) electrons. The number of amides is 1. The minimum absolute atomic E-state index is 0.171. The van der Waals surface area contributed by atoms with Crippen molar-refractivity contribution < 1.29 is 22.4 Å². The number of hydrogen-bond acceptors (Lipinski definition) is 3. The standard InChI is InChI=1S/C10H7F4N3O/c11-8(12)10(13,14)9(18)17-7-2-1-6(16)3-5(7)4-15/h1-3,8H,16H2,(H,17,18). The van der Waals surface area contributed by atoms with Crippen LogP contribution in [0.4, 0.5) is 28.9 Å². The highest BCUT2D eigenvalue weighted by Crippen LogP contribution is 2.26. The van der Waals surface area contributed by atoms with Crippen LogP contribution in [0.2, 0.25) is 0 Å². The lowest BCUT2D eigenvalue weighted by molar-refractivity contribution is -0.163. The van der Waals surface area contributed by atoms with Gasteiger partial charge in [0.2, 0.25) is 0 Å². The molecule has 0 heterocycles. The van der Waals surface area contributed by atoms with E-state index in [0.717, 1.165) is 12.1 Å². The monoisotopic (exact) mass is 261 g/mol. The average Bonchev–Trinajstić information content (AvgIpc) is 2.30. The molecule has 0 unspecified atom stereocenters. The number of rotatable bonds is 3. The molecule has 8 heteroatoms. The molecule has 0 saturated carbocycles. The summed E-state index contributed by atoms with van der Waals surface area (Å²) in [6.07, 6.45) is -4.13. The van der Waals surface area contributed by atoms with Crippen LogP contribution >= 0.6 is 0 Å². The van der Waals surface area contributed by atoms with E-state index >= 15 is 0 Å². The normalized spacial score (nSPS) is 11.1. The van der Waals surface area contributed by atoms with Gasteiger partial charge >= 0.3 is 18.3 Å². The number of carbonyl (C=O) groups excluding carboxylic acids is 1. The van der Waals surface area contributed by atoms with E-state index in [4.69, 9.17) is 11.0 Å². The summed E-state index contributed by atoms with van der Waals surface area (Å²) in [4.78, 5) is 10.9. The summed E-state index contributed by atoms with van der Waals surface area (Å²) in [7, 11) is 0. The summed E-state index contributed by atoms with van der Waals surface area (Å²) < 4.78 is 49.2. The highest BCUT2D eigenvalue weighted by Gasteiger charge is 2.49. The van der Waals surface area contributed by atoms with E-state index in [2.05, 4.69) is 0 Å². The van der Waals surface area contributed by atoms with Gasteiger partial charge in [-0.25, -0.2) is 8.78 Å². The van der Waals surface area contributed by atoms with E-state index in [-0.39, 0.29) is 16.9 Å². The summed E-state index contributed by atoms with van der Waals surface area (Å²) >= 11 is 0. The Morgan fingerprint density at radius 1 is 1.44 bits per heavy atom. The Hall–Kier alpha value is -2.30. The van der Waals surface area contributed by atoms with E-state index in [1.807, 2.05) is 0 Å². The number of nitrogens with zero attached hydrogens (tertiary/aromatic N) is 1. The Kier molecular flexibility index (Phi) is 3.76. The Labute approximate surface area is 99.0 Å². The summed E-state index contributed by atoms with van der Waals surface area (Å²) in [5.74, 6) is -7.01. The lowest BCUT2D eigenvalue weighted by atomic mass is 10.1. The average molecular weight is 261 g/mol. The quantitative estimate of drug-likeness (QED) is 0.645. The Balaban J connectivity index is 3.00. The van der Waals surface area contributed by atoms with Crippen molar-refractivity contribution >= 4 is 17.3 Å². The van der Waals surface area contributed by atoms with Gasteiger partial charge in [0.1, 0.15) is 6.07 Å². The third kappa shape index (κ3) is 2.68. The van der Waals surface area contributed by atoms with E-state index in [0.29, 0.717) is 0 Å². The third-order valence-electron chi connectivity index (χ3n) is 1.99. The number of hydrogen-bond donors (Lipinski definition) is 2. The first kappa shape index (κ1) is 13.8. The zero-order valence-electron chi connectivity index (χ0n) is 8.75. The Bertz CT molecular complexity index is 510. The fraction of sp³-hybridized carbons (Fsp3) is 0.200. The van der Waals surface area contributed by atoms with E-state index in [9.17, 15) is 22.4 Å². The van der Waals surface area contributed by atoms with Crippen LogP contribution in [-0.2, 0) is 4.79 Å². The first-order valence-electron chi connectivity index (χ1n) is 4.56. The second-order valence-electron chi connectivity index (χ2n) is 3.29. The molecule has 0 fully saturated rings. The van der Waals surface area contributed by atoms with Crippen molar-refractivity contribution in [3.05, 3.63) is 23.8 Å². The lowest BCUT2D eigenvalue weighted by Crippen LogP contribution is -2.41. The maximum Gasteiger partial charge on any atom is 0.383 e. The molecular formula is C10H7F4N3O. The molecule has 0 aromatic heterocycles. The van der Waals surface area contributed by atoms with Gasteiger partial charge in [-0.2, -0.15) is 14.0 Å². The maximum atomic E-state index is 12.7. The van der Waals surface area contributed by atoms with Crippen LogP contribution in [0.25, 0.3) is 0 Å². The molecule has 1 aromatic rings. The lowest BCUT2D eigenvalue weighted by Gasteiger charge is -2.15. The van der Waals surface area contributed by atoms with Crippen LogP contribution in [0, 0.1) is 11.3 Å². The molecular weight excluding hydrogens is 254 g/mol. The van der Waals surface area contributed by atoms with Gasteiger partial charge in [-0.1, -0.05) is 0 Å². The van der Waals surface area contributed by atoms with Gasteiger partial charge in [-0.3, -0.25) is 4.79 Å². The molecule has 0 saturated heterocycles. The van der Waals surface area contributed by atoms with Crippen molar-refractivity contribution in [1.29, 1.82) is 5.26 Å². The number of benzene rings is 1. The van der Waals surface area contributed by atoms with Crippen molar-refractivity contribution in [2.45, 2.75) is 12.3 Å². The molecule has 18 heavy (non-hydrogen) atoms. The topological polar surface area (TPSA) is 78.9 Å². The summed E-state index contributed by atoms with van der Waals surface area (Å²) in [5.41, 5.74) is 5.00. The van der Waals surface area contributed by atoms with Crippen LogP contribution in [0.3, 0.4) is 0 Å². The summed E-state index contributed by atoms with van der Waals surface area (Å²) in [6.45, 7) is 0. The Morgan fingerprint density at radius 3 is 2.56 bits per heavy atom. The van der Waals surface area contributed by atoms with Crippen molar-refractivity contribution in [2.24, 2.45) is 0 Å². The van der Waals surface area contributed by atoms with Crippen LogP contribution in [0.5, 0.6) is 0 Å². The highest BCUT2D eigenvalue weighted by atomic mass is 19.3. The molecule has 0 atom stereocenters. The summed E-state index contributed by atoms with van der Waals surface area (Å²) in [6, 6.07) is 5.03. The number of carbonyl (C=O) groups is 1. The first-order chi connectivity index (χ1) is 8.28. The predicted octanol–water partition coefficient (Wildman–Crippen LogP) is 1.98. The fourth-order valence-electron chi connectivity index (χ4n) is 1.07. The Morgan fingerprint density at radius 2 is 2.06 bits per heavy atom. The number of anilines is 2. The van der Waals surface area contributed by atoms with Gasteiger partial charge in [0.05, 0.1) is 11.3 Å². The second-order valence-corrected chi connectivity index (χ2v) is 3.29. The molecule has 0 aliphatic carbocycles. The molecule has 0 aliphatic heterocycles. The zero-order valence-corrected chi connectivity index (χ0v) is 8.75. The van der Waals surface area contributed by atoms with Crippen LogP contribution in [-0.4, -0.2) is 18.3 Å². The minimum atomic E-state index is -4.83. The van der Waals surface area contributed by atoms with Gasteiger partial charge in [-0.15, -0.1) is 0 Å². The van der Waals surface area contributed by atoms with Gasteiger partial charge in [0.15, 0.2) is 0 Å². The number of nitrogens with two attached hydrogens (primary N) is 1. The van der Waals surface area contributed by atoms with Gasteiger partial charge in [0.25, 0.3) is 0 Å². The third-order valence-corrected chi connectivity index (χ3v) is 1.99. The van der Waals surface area contributed by atoms with Gasteiger partial charge in [0, 0.05) is 5.69 Å². The van der Waals surface area contributed by atoms with E-state index < -0.39 is 18.3 Å². The molecule has 0 spiro atoms. The number of nitrogens with one attached hydrogen (secondary N) is 1. The molecule has 3 N–H and O–H groups in total. The predicted molar refractivity (Wildman–Crippen MR) is 55.2 cm³/mol. The number of halogens is 4. The molecule has 0 aliphatic rings. The van der Waals surface area contributed by atoms with Crippen molar-refractivity contribution in [3.8, 4) is 6.07 Å². The molecule has 1 amide bonds. The first-order valence-corrected chi connectivity index (χ1v) is 4.56. The van der Waals surface area contributed by atoms with Gasteiger partial charge in [-0.05, 0) is 18.2 Å². The molecule has 4 nitrogen and oxygen atoms in total. The SMILES string of the molecule is N#Cc1cc(N)ccc1NC(=O)C(F)(F)C(F)F. The van der Waals surface area contributed by atoms with Crippen LogP contribution in [0.15, 0.2) is 18.2 Å². The number of nitrogen functional groups attached to an aromatic ring is 1. The zero-order chi connectivity index (χ0) is 13.9. The van der Waals surface area contributed by atoms with Crippen molar-refractivity contribution in [1.82, 2.24) is 0 Å². The fourth-order valence-corrected chi connectivity index (χ4v) is 1.07. The minimum Gasteiger partial charge on any atom is -0.399 e. The summed E-state index contributed by atoms with van der Waals surface area (Å²) in [5, 5.41) is 10.2. The van der Waals surface area contributed by atoms with Crippen LogP contribution < -0.4 is 11.1 Å². The molecule has 1 rings (SSSR count). The van der Waals surface area contributed by atoms with E-state index in [1.54, 1.807) is 11.4 Å². The van der Waals surface area contributed by atoms with Crippen LogP contribution in [0.1, 0.15) is 5.56 Å². The van der Waals surface area contributed by atoms with Crippen molar-refractivity contribution in [2.75, 3.05) is 11.1 Å². The van der Waals surface area contributed by atoms with Gasteiger partial charge < -0.3 is 11.1 Å². The molecule has 1 aromatic carbocycles. The second kappa shape index (κ2) is 4.91. The molecule has 0 bridgehead atoms.